The number of hydrogen-bond acceptors (Lipinski definition) is 8. The lowest BCUT2D eigenvalue weighted by Gasteiger charge is -2.36. The van der Waals surface area contributed by atoms with E-state index in [-0.39, 0.29) is 11.9 Å². The quantitative estimate of drug-likeness (QED) is 0.421. The van der Waals surface area contributed by atoms with Gasteiger partial charge in [0.05, 0.1) is 18.2 Å². The first kappa shape index (κ1) is 21.0. The minimum Gasteiger partial charge on any atom is -0.340 e. The van der Waals surface area contributed by atoms with E-state index in [0.29, 0.717) is 31.2 Å². The molecule has 1 fully saturated rings. The molecule has 0 N–H and O–H groups in total. The lowest BCUT2D eigenvalue weighted by Crippen LogP contribution is -2.49. The Morgan fingerprint density at radius 1 is 1.06 bits per heavy atom. The van der Waals surface area contributed by atoms with E-state index in [9.17, 15) is 4.79 Å². The molecule has 0 bridgehead atoms. The maximum absolute atomic E-state index is 12.8. The number of rotatable bonds is 6. The molecule has 5 rings (SSSR count). The van der Waals surface area contributed by atoms with Gasteiger partial charge >= 0.3 is 0 Å². The Balaban J connectivity index is 1.15. The molecule has 0 saturated carbocycles. The van der Waals surface area contributed by atoms with Crippen molar-refractivity contribution in [3.8, 4) is 22.0 Å². The number of carbonyl (C=O) groups excluding carboxylic acids is 1. The molecule has 4 heterocycles. The van der Waals surface area contributed by atoms with Crippen molar-refractivity contribution in [2.75, 3.05) is 26.2 Å². The number of piperazine rings is 1. The molecule has 1 aliphatic rings. The first-order valence-corrected chi connectivity index (χ1v) is 12.4. The van der Waals surface area contributed by atoms with Gasteiger partial charge in [-0.25, -0.2) is 4.98 Å². The molecule has 1 atom stereocenters. The number of hydrogen-bond donors (Lipinski definition) is 0. The van der Waals surface area contributed by atoms with E-state index in [0.717, 1.165) is 34.9 Å². The summed E-state index contributed by atoms with van der Waals surface area (Å²) in [7, 11) is 0. The molecule has 1 aliphatic heterocycles. The highest BCUT2D eigenvalue weighted by Crippen LogP contribution is 2.27. The van der Waals surface area contributed by atoms with Gasteiger partial charge in [0, 0.05) is 48.1 Å². The van der Waals surface area contributed by atoms with Crippen LogP contribution in [0.1, 0.15) is 24.6 Å². The van der Waals surface area contributed by atoms with Gasteiger partial charge in [-0.2, -0.15) is 16.3 Å². The molecular formula is C23H23N5O2S2. The largest absolute Gasteiger partial charge is 0.340 e. The van der Waals surface area contributed by atoms with Crippen LogP contribution in [0.2, 0.25) is 0 Å². The highest BCUT2D eigenvalue weighted by molar-refractivity contribution is 7.14. The van der Waals surface area contributed by atoms with Crippen LogP contribution in [0.4, 0.5) is 0 Å². The lowest BCUT2D eigenvalue weighted by atomic mass is 10.2. The van der Waals surface area contributed by atoms with Gasteiger partial charge in [-0.15, -0.1) is 11.3 Å². The third kappa shape index (κ3) is 4.50. The molecule has 0 unspecified atom stereocenters. The summed E-state index contributed by atoms with van der Waals surface area (Å²) < 4.78 is 5.53. The van der Waals surface area contributed by atoms with Crippen LogP contribution in [0, 0.1) is 0 Å². The molecule has 7 nitrogen and oxygen atoms in total. The van der Waals surface area contributed by atoms with E-state index in [1.54, 1.807) is 22.7 Å². The van der Waals surface area contributed by atoms with Gasteiger partial charge in [0.25, 0.3) is 0 Å². The van der Waals surface area contributed by atoms with Crippen molar-refractivity contribution < 1.29 is 9.32 Å². The van der Waals surface area contributed by atoms with Gasteiger partial charge in [-0.05, 0) is 18.4 Å². The average Bonchev–Trinajstić information content (AvgIpc) is 3.61. The maximum Gasteiger partial charge on any atom is 0.244 e. The molecule has 32 heavy (non-hydrogen) atoms. The van der Waals surface area contributed by atoms with Crippen LogP contribution in [0.15, 0.2) is 57.1 Å². The summed E-state index contributed by atoms with van der Waals surface area (Å²) in [6.07, 6.45) is 0.348. The maximum atomic E-state index is 12.8. The third-order valence-electron chi connectivity index (χ3n) is 5.70. The van der Waals surface area contributed by atoms with E-state index in [4.69, 9.17) is 4.52 Å². The smallest absolute Gasteiger partial charge is 0.244 e. The SMILES string of the molecule is C[C@@H](c1nc(-c2ccccc2)no1)N1CCN(C(=O)Cc2csc(-c3ccsc3)n2)CC1. The number of carbonyl (C=O) groups is 1. The van der Waals surface area contributed by atoms with Crippen LogP contribution in [0.25, 0.3) is 22.0 Å². The number of benzene rings is 1. The Morgan fingerprint density at radius 3 is 2.62 bits per heavy atom. The van der Waals surface area contributed by atoms with Gasteiger partial charge in [0.15, 0.2) is 0 Å². The molecule has 0 spiro atoms. The zero-order chi connectivity index (χ0) is 21.9. The van der Waals surface area contributed by atoms with Crippen LogP contribution in [-0.4, -0.2) is 57.0 Å². The highest BCUT2D eigenvalue weighted by atomic mass is 32.1. The summed E-state index contributed by atoms with van der Waals surface area (Å²) in [5.74, 6) is 1.34. The molecule has 9 heteroatoms. The normalized spacial score (nSPS) is 15.7. The van der Waals surface area contributed by atoms with Crippen molar-refractivity contribution in [1.29, 1.82) is 0 Å². The van der Waals surface area contributed by atoms with Crippen molar-refractivity contribution in [3.63, 3.8) is 0 Å². The second-order valence-electron chi connectivity index (χ2n) is 7.75. The van der Waals surface area contributed by atoms with E-state index in [1.807, 2.05) is 46.0 Å². The summed E-state index contributed by atoms with van der Waals surface area (Å²) in [5, 5.41) is 11.2. The highest BCUT2D eigenvalue weighted by Gasteiger charge is 2.28. The summed E-state index contributed by atoms with van der Waals surface area (Å²) in [6, 6.07) is 11.9. The van der Waals surface area contributed by atoms with Gasteiger partial charge in [0.1, 0.15) is 5.01 Å². The average molecular weight is 466 g/mol. The molecule has 0 aliphatic carbocycles. The molecule has 1 aromatic carbocycles. The molecule has 164 valence electrons. The van der Waals surface area contributed by atoms with Gasteiger partial charge < -0.3 is 9.42 Å². The standard InChI is InChI=1S/C23H23N5O2S2/c1-16(22-25-21(26-30-22)17-5-3-2-4-6-17)27-8-10-28(11-9-27)20(29)13-19-15-32-23(24-19)18-7-12-31-14-18/h2-7,12,14-16H,8-11,13H2,1H3/t16-/m0/s1. The summed E-state index contributed by atoms with van der Waals surface area (Å²) >= 11 is 3.24. The van der Waals surface area contributed by atoms with Crippen molar-refractivity contribution in [2.24, 2.45) is 0 Å². The summed E-state index contributed by atoms with van der Waals surface area (Å²) in [4.78, 5) is 26.2. The minimum absolute atomic E-state index is 0.00363. The fourth-order valence-electron chi connectivity index (χ4n) is 3.80. The molecule has 3 aromatic heterocycles. The summed E-state index contributed by atoms with van der Waals surface area (Å²) in [5.41, 5.74) is 2.91. The molecular weight excluding hydrogens is 442 g/mol. The number of thiazole rings is 1. The summed E-state index contributed by atoms with van der Waals surface area (Å²) in [6.45, 7) is 4.98. The fourth-order valence-corrected chi connectivity index (χ4v) is 5.33. The zero-order valence-corrected chi connectivity index (χ0v) is 19.3. The van der Waals surface area contributed by atoms with Crippen molar-refractivity contribution >= 4 is 28.6 Å². The second-order valence-corrected chi connectivity index (χ2v) is 9.39. The van der Waals surface area contributed by atoms with Crippen molar-refractivity contribution in [1.82, 2.24) is 24.9 Å². The van der Waals surface area contributed by atoms with Gasteiger partial charge in [0.2, 0.25) is 17.6 Å². The number of thiophene rings is 1. The van der Waals surface area contributed by atoms with Gasteiger partial charge in [-0.3, -0.25) is 9.69 Å². The number of amides is 1. The molecule has 0 radical (unpaired) electrons. The van der Waals surface area contributed by atoms with Crippen LogP contribution in [0.5, 0.6) is 0 Å². The minimum atomic E-state index is 0.00363. The first-order chi connectivity index (χ1) is 15.7. The van der Waals surface area contributed by atoms with Gasteiger partial charge in [-0.1, -0.05) is 35.5 Å². The van der Waals surface area contributed by atoms with Crippen LogP contribution < -0.4 is 0 Å². The Hall–Kier alpha value is -2.88. The first-order valence-electron chi connectivity index (χ1n) is 10.5. The lowest BCUT2D eigenvalue weighted by molar-refractivity contribution is -0.132. The van der Waals surface area contributed by atoms with Crippen LogP contribution in [0.3, 0.4) is 0 Å². The van der Waals surface area contributed by atoms with E-state index in [2.05, 4.69) is 38.4 Å². The van der Waals surface area contributed by atoms with Crippen molar-refractivity contribution in [2.45, 2.75) is 19.4 Å². The van der Waals surface area contributed by atoms with E-state index in [1.165, 1.54) is 0 Å². The Morgan fingerprint density at radius 2 is 1.88 bits per heavy atom. The van der Waals surface area contributed by atoms with Crippen molar-refractivity contribution in [3.05, 3.63) is 64.1 Å². The van der Waals surface area contributed by atoms with E-state index < -0.39 is 0 Å². The predicted molar refractivity (Wildman–Crippen MR) is 125 cm³/mol. The molecule has 1 amide bonds. The third-order valence-corrected chi connectivity index (χ3v) is 7.32. The molecule has 1 saturated heterocycles. The fraction of sp³-hybridized carbons (Fsp3) is 0.304. The monoisotopic (exact) mass is 465 g/mol. The zero-order valence-electron chi connectivity index (χ0n) is 17.7. The Labute approximate surface area is 194 Å². The second kappa shape index (κ2) is 9.32. The number of aromatic nitrogens is 3. The Bertz CT molecular complexity index is 1160. The Kier molecular flexibility index (Phi) is 6.11. The van der Waals surface area contributed by atoms with E-state index >= 15 is 0 Å². The topological polar surface area (TPSA) is 75.4 Å². The van der Waals surface area contributed by atoms with Crippen LogP contribution in [-0.2, 0) is 11.2 Å². The van der Waals surface area contributed by atoms with Crippen LogP contribution >= 0.6 is 22.7 Å². The predicted octanol–water partition coefficient (Wildman–Crippen LogP) is 4.37. The number of nitrogens with zero attached hydrogens (tertiary/aromatic N) is 5. The molecule has 4 aromatic rings.